The van der Waals surface area contributed by atoms with Gasteiger partial charge in [0.15, 0.2) is 0 Å². The number of hydrogen-bond acceptors (Lipinski definition) is 1. The zero-order chi connectivity index (χ0) is 13.1. The van der Waals surface area contributed by atoms with E-state index >= 15 is 0 Å². The van der Waals surface area contributed by atoms with Gasteiger partial charge >= 0.3 is 0 Å². The van der Waals surface area contributed by atoms with Crippen LogP contribution in [-0.4, -0.2) is 7.05 Å². The Morgan fingerprint density at radius 3 is 2.22 bits per heavy atom. The Hall–Kier alpha value is -1.38. The molecule has 2 aromatic rings. The molecule has 94 valence electrons. The largest absolute Gasteiger partial charge is 0.313 e. The summed E-state index contributed by atoms with van der Waals surface area (Å²) in [6.45, 7) is 2.05. The first-order chi connectivity index (χ1) is 8.61. The molecule has 0 spiro atoms. The van der Waals surface area contributed by atoms with Crippen LogP contribution in [0.4, 0.5) is 4.39 Å². The van der Waals surface area contributed by atoms with Crippen LogP contribution in [0.3, 0.4) is 0 Å². The van der Waals surface area contributed by atoms with E-state index in [0.29, 0.717) is 0 Å². The maximum atomic E-state index is 12.9. The molecule has 0 aliphatic rings. The summed E-state index contributed by atoms with van der Waals surface area (Å²) in [7, 11) is 1.90. The van der Waals surface area contributed by atoms with Crippen molar-refractivity contribution >= 4 is 11.6 Å². The van der Waals surface area contributed by atoms with Crippen molar-refractivity contribution in [3.8, 4) is 11.1 Å². The third kappa shape index (κ3) is 2.71. The molecule has 0 aliphatic carbocycles. The fraction of sp³-hybridized carbons (Fsp3) is 0.200. The van der Waals surface area contributed by atoms with Crippen molar-refractivity contribution in [1.29, 1.82) is 0 Å². The van der Waals surface area contributed by atoms with Gasteiger partial charge in [-0.15, -0.1) is 0 Å². The SMILES string of the molecule is CNC(C)c1ccc(-c2ccc(F)cc2)cc1Cl. The molecule has 0 fully saturated rings. The smallest absolute Gasteiger partial charge is 0.123 e. The monoisotopic (exact) mass is 263 g/mol. The van der Waals surface area contributed by atoms with Crippen molar-refractivity contribution in [1.82, 2.24) is 5.32 Å². The second-order valence-electron chi connectivity index (χ2n) is 4.25. The zero-order valence-corrected chi connectivity index (χ0v) is 11.1. The summed E-state index contributed by atoms with van der Waals surface area (Å²) in [5, 5.41) is 3.88. The Bertz CT molecular complexity index is 537. The predicted molar refractivity (Wildman–Crippen MR) is 74.3 cm³/mol. The normalized spacial score (nSPS) is 12.4. The van der Waals surface area contributed by atoms with E-state index < -0.39 is 0 Å². The summed E-state index contributed by atoms with van der Waals surface area (Å²) in [5.41, 5.74) is 3.01. The number of rotatable bonds is 3. The van der Waals surface area contributed by atoms with Crippen LogP contribution < -0.4 is 5.32 Å². The van der Waals surface area contributed by atoms with Gasteiger partial charge in [-0.1, -0.05) is 35.9 Å². The van der Waals surface area contributed by atoms with Crippen LogP contribution in [0.15, 0.2) is 42.5 Å². The fourth-order valence-electron chi connectivity index (χ4n) is 1.86. The molecule has 1 nitrogen and oxygen atoms in total. The Kier molecular flexibility index (Phi) is 4.00. The number of benzene rings is 2. The van der Waals surface area contributed by atoms with Crippen LogP contribution in [0.5, 0.6) is 0 Å². The first-order valence-electron chi connectivity index (χ1n) is 5.84. The van der Waals surface area contributed by atoms with Crippen LogP contribution in [0.2, 0.25) is 5.02 Å². The molecule has 0 heterocycles. The third-order valence-corrected chi connectivity index (χ3v) is 3.40. The Morgan fingerprint density at radius 1 is 1.06 bits per heavy atom. The van der Waals surface area contributed by atoms with Crippen LogP contribution >= 0.6 is 11.6 Å². The lowest BCUT2D eigenvalue weighted by atomic mass is 10.0. The highest BCUT2D eigenvalue weighted by molar-refractivity contribution is 6.31. The summed E-state index contributed by atoms with van der Waals surface area (Å²) >= 11 is 6.27. The summed E-state index contributed by atoms with van der Waals surface area (Å²) in [6, 6.07) is 12.5. The second-order valence-corrected chi connectivity index (χ2v) is 4.66. The highest BCUT2D eigenvalue weighted by Gasteiger charge is 2.08. The van der Waals surface area contributed by atoms with Gasteiger partial charge in [-0.3, -0.25) is 0 Å². The summed E-state index contributed by atoms with van der Waals surface area (Å²) in [4.78, 5) is 0. The maximum absolute atomic E-state index is 12.9. The second kappa shape index (κ2) is 5.51. The van der Waals surface area contributed by atoms with E-state index in [1.54, 1.807) is 12.1 Å². The zero-order valence-electron chi connectivity index (χ0n) is 10.4. The predicted octanol–water partition coefficient (Wildman–Crippen LogP) is 4.43. The molecule has 0 amide bonds. The van der Waals surface area contributed by atoms with Crippen molar-refractivity contribution in [2.24, 2.45) is 0 Å². The Labute approximate surface area is 112 Å². The standard InChI is InChI=1S/C15H15ClFN/c1-10(18-2)14-8-5-12(9-15(14)16)11-3-6-13(17)7-4-11/h3-10,18H,1-2H3. The van der Waals surface area contributed by atoms with Crippen molar-refractivity contribution < 1.29 is 4.39 Å². The quantitative estimate of drug-likeness (QED) is 0.864. The van der Waals surface area contributed by atoms with Crippen molar-refractivity contribution in [2.45, 2.75) is 13.0 Å². The van der Waals surface area contributed by atoms with Gasteiger partial charge in [-0.05, 0) is 48.9 Å². The summed E-state index contributed by atoms with van der Waals surface area (Å²) in [6.07, 6.45) is 0. The average Bonchev–Trinajstić information content (AvgIpc) is 2.38. The molecule has 0 radical (unpaired) electrons. The van der Waals surface area contributed by atoms with Crippen molar-refractivity contribution in [2.75, 3.05) is 7.05 Å². The van der Waals surface area contributed by atoms with E-state index in [2.05, 4.69) is 12.2 Å². The van der Waals surface area contributed by atoms with Crippen LogP contribution in [0.1, 0.15) is 18.5 Å². The van der Waals surface area contributed by atoms with E-state index in [1.807, 2.05) is 25.2 Å². The molecule has 3 heteroatoms. The average molecular weight is 264 g/mol. The molecular formula is C15H15ClFN. The van der Waals surface area contributed by atoms with Crippen LogP contribution in [-0.2, 0) is 0 Å². The number of hydrogen-bond donors (Lipinski definition) is 1. The number of halogens is 2. The van der Waals surface area contributed by atoms with E-state index in [0.717, 1.165) is 21.7 Å². The topological polar surface area (TPSA) is 12.0 Å². The first kappa shape index (κ1) is 13.1. The van der Waals surface area contributed by atoms with Gasteiger partial charge in [0.2, 0.25) is 0 Å². The third-order valence-electron chi connectivity index (χ3n) is 3.08. The highest BCUT2D eigenvalue weighted by atomic mass is 35.5. The Balaban J connectivity index is 2.37. The minimum atomic E-state index is -0.231. The van der Waals surface area contributed by atoms with Gasteiger partial charge in [-0.25, -0.2) is 4.39 Å². The van der Waals surface area contributed by atoms with E-state index in [1.165, 1.54) is 12.1 Å². The molecule has 0 aromatic heterocycles. The molecule has 0 saturated heterocycles. The number of nitrogens with one attached hydrogen (secondary N) is 1. The van der Waals surface area contributed by atoms with Crippen LogP contribution in [0.25, 0.3) is 11.1 Å². The minimum absolute atomic E-state index is 0.208. The summed E-state index contributed by atoms with van der Waals surface area (Å²) in [5.74, 6) is -0.231. The van der Waals surface area contributed by atoms with E-state index in [-0.39, 0.29) is 11.9 Å². The lowest BCUT2D eigenvalue weighted by Gasteiger charge is -2.13. The molecular weight excluding hydrogens is 249 g/mol. The molecule has 2 rings (SSSR count). The molecule has 2 aromatic carbocycles. The highest BCUT2D eigenvalue weighted by Crippen LogP contribution is 2.28. The van der Waals surface area contributed by atoms with Gasteiger partial charge in [0.05, 0.1) is 0 Å². The van der Waals surface area contributed by atoms with E-state index in [4.69, 9.17) is 11.6 Å². The van der Waals surface area contributed by atoms with Gasteiger partial charge in [-0.2, -0.15) is 0 Å². The van der Waals surface area contributed by atoms with Crippen LogP contribution in [0, 0.1) is 5.82 Å². The van der Waals surface area contributed by atoms with Gasteiger partial charge in [0.25, 0.3) is 0 Å². The molecule has 1 unspecified atom stereocenters. The van der Waals surface area contributed by atoms with Crippen molar-refractivity contribution in [3.63, 3.8) is 0 Å². The maximum Gasteiger partial charge on any atom is 0.123 e. The van der Waals surface area contributed by atoms with Crippen molar-refractivity contribution in [3.05, 3.63) is 58.9 Å². The molecule has 1 N–H and O–H groups in total. The fourth-order valence-corrected chi connectivity index (χ4v) is 2.20. The van der Waals surface area contributed by atoms with E-state index in [9.17, 15) is 4.39 Å². The lowest BCUT2D eigenvalue weighted by molar-refractivity contribution is 0.628. The first-order valence-corrected chi connectivity index (χ1v) is 6.22. The minimum Gasteiger partial charge on any atom is -0.313 e. The van der Waals surface area contributed by atoms with Gasteiger partial charge in [0.1, 0.15) is 5.82 Å². The molecule has 0 saturated carbocycles. The molecule has 18 heavy (non-hydrogen) atoms. The summed E-state index contributed by atoms with van der Waals surface area (Å²) < 4.78 is 12.9. The lowest BCUT2D eigenvalue weighted by Crippen LogP contribution is -2.12. The molecule has 1 atom stereocenters. The Morgan fingerprint density at radius 2 is 1.67 bits per heavy atom. The molecule has 0 bridgehead atoms. The molecule has 0 aliphatic heterocycles. The van der Waals surface area contributed by atoms with Gasteiger partial charge in [0, 0.05) is 11.1 Å². The van der Waals surface area contributed by atoms with Gasteiger partial charge < -0.3 is 5.32 Å².